The molecule has 0 radical (unpaired) electrons. The van der Waals surface area contributed by atoms with Crippen LogP contribution in [0.25, 0.3) is 0 Å². The average Bonchev–Trinajstić information content (AvgIpc) is 2.29. The molecule has 1 aliphatic heterocycles. The van der Waals surface area contributed by atoms with Gasteiger partial charge in [-0.25, -0.2) is 0 Å². The zero-order chi connectivity index (χ0) is 13.6. The molecular formula is C12H23F3N2O. The summed E-state index contributed by atoms with van der Waals surface area (Å²) in [7, 11) is 0. The molecule has 3 nitrogen and oxygen atoms in total. The number of alkyl halides is 3. The fourth-order valence-electron chi connectivity index (χ4n) is 2.18. The first kappa shape index (κ1) is 15.7. The predicted octanol–water partition coefficient (Wildman–Crippen LogP) is 1.72. The van der Waals surface area contributed by atoms with Gasteiger partial charge in [-0.3, -0.25) is 4.90 Å². The van der Waals surface area contributed by atoms with Crippen molar-refractivity contribution in [3.05, 3.63) is 0 Å². The fraction of sp³-hybridized carbons (Fsp3) is 1.00. The molecule has 6 heteroatoms. The summed E-state index contributed by atoms with van der Waals surface area (Å²) in [6.45, 7) is 4.37. The van der Waals surface area contributed by atoms with Crippen molar-refractivity contribution in [3.8, 4) is 0 Å². The van der Waals surface area contributed by atoms with Crippen LogP contribution in [0, 0.1) is 0 Å². The van der Waals surface area contributed by atoms with Crippen molar-refractivity contribution in [2.24, 2.45) is 0 Å². The number of nitrogens with zero attached hydrogens (tertiary/aromatic N) is 2. The Morgan fingerprint density at radius 3 is 2.17 bits per heavy atom. The molecule has 18 heavy (non-hydrogen) atoms. The largest absolute Gasteiger partial charge is 0.401 e. The quantitative estimate of drug-likeness (QED) is 0.794. The fourth-order valence-corrected chi connectivity index (χ4v) is 2.18. The topological polar surface area (TPSA) is 26.7 Å². The highest BCUT2D eigenvalue weighted by molar-refractivity contribution is 4.74. The van der Waals surface area contributed by atoms with Gasteiger partial charge in [0.2, 0.25) is 0 Å². The second-order valence-corrected chi connectivity index (χ2v) is 4.94. The van der Waals surface area contributed by atoms with Crippen LogP contribution in [0.5, 0.6) is 0 Å². The minimum absolute atomic E-state index is 0.239. The normalized spacial score (nSPS) is 21.2. The number of piperazine rings is 1. The lowest BCUT2D eigenvalue weighted by Crippen LogP contribution is -2.49. The van der Waals surface area contributed by atoms with Gasteiger partial charge in [-0.1, -0.05) is 6.92 Å². The maximum absolute atomic E-state index is 12.2. The van der Waals surface area contributed by atoms with E-state index in [0.29, 0.717) is 26.2 Å². The number of hydrogen-bond acceptors (Lipinski definition) is 3. The lowest BCUT2D eigenvalue weighted by atomic mass is 10.1. The molecule has 108 valence electrons. The van der Waals surface area contributed by atoms with Crippen LogP contribution >= 0.6 is 0 Å². The summed E-state index contributed by atoms with van der Waals surface area (Å²) in [5, 5.41) is 9.41. The molecule has 1 aliphatic rings. The Morgan fingerprint density at radius 2 is 1.67 bits per heavy atom. The SMILES string of the molecule is CCC(O)CCCN1CCN(CC(F)(F)F)CC1. The Kier molecular flexibility index (Phi) is 6.38. The summed E-state index contributed by atoms with van der Waals surface area (Å²) in [4.78, 5) is 3.63. The van der Waals surface area contributed by atoms with E-state index in [-0.39, 0.29) is 6.10 Å². The van der Waals surface area contributed by atoms with Crippen LogP contribution < -0.4 is 0 Å². The van der Waals surface area contributed by atoms with E-state index >= 15 is 0 Å². The van der Waals surface area contributed by atoms with Crippen molar-refractivity contribution in [3.63, 3.8) is 0 Å². The molecule has 0 bridgehead atoms. The van der Waals surface area contributed by atoms with Crippen LogP contribution in [0.2, 0.25) is 0 Å². The molecule has 0 aromatic carbocycles. The van der Waals surface area contributed by atoms with Crippen molar-refractivity contribution in [1.29, 1.82) is 0 Å². The van der Waals surface area contributed by atoms with Crippen LogP contribution in [0.15, 0.2) is 0 Å². The number of halogens is 3. The first-order valence-electron chi connectivity index (χ1n) is 6.60. The molecule has 0 spiro atoms. The van der Waals surface area contributed by atoms with Gasteiger partial charge >= 0.3 is 6.18 Å². The van der Waals surface area contributed by atoms with E-state index in [1.54, 1.807) is 0 Å². The Morgan fingerprint density at radius 1 is 1.11 bits per heavy atom. The van der Waals surface area contributed by atoms with Gasteiger partial charge in [0.05, 0.1) is 12.6 Å². The molecular weight excluding hydrogens is 245 g/mol. The first-order chi connectivity index (χ1) is 8.40. The highest BCUT2D eigenvalue weighted by atomic mass is 19.4. The number of rotatable bonds is 6. The summed E-state index contributed by atoms with van der Waals surface area (Å²) in [5.41, 5.74) is 0. The highest BCUT2D eigenvalue weighted by Gasteiger charge is 2.31. The van der Waals surface area contributed by atoms with Crippen LogP contribution in [-0.2, 0) is 0 Å². The van der Waals surface area contributed by atoms with Crippen molar-refractivity contribution < 1.29 is 18.3 Å². The highest BCUT2D eigenvalue weighted by Crippen LogP contribution is 2.17. The minimum Gasteiger partial charge on any atom is -0.393 e. The molecule has 1 heterocycles. The maximum atomic E-state index is 12.2. The van der Waals surface area contributed by atoms with Gasteiger partial charge in [0.15, 0.2) is 0 Å². The molecule has 1 rings (SSSR count). The van der Waals surface area contributed by atoms with E-state index in [9.17, 15) is 18.3 Å². The lowest BCUT2D eigenvalue weighted by Gasteiger charge is -2.35. The first-order valence-corrected chi connectivity index (χ1v) is 6.60. The molecule has 1 unspecified atom stereocenters. The second kappa shape index (κ2) is 7.31. The molecule has 0 aliphatic carbocycles. The molecule has 0 saturated carbocycles. The Hall–Kier alpha value is -0.330. The smallest absolute Gasteiger partial charge is 0.393 e. The third kappa shape index (κ3) is 6.56. The van der Waals surface area contributed by atoms with Gasteiger partial charge in [-0.15, -0.1) is 0 Å². The van der Waals surface area contributed by atoms with E-state index in [4.69, 9.17) is 0 Å². The van der Waals surface area contributed by atoms with Crippen molar-refractivity contribution in [1.82, 2.24) is 9.80 Å². The summed E-state index contributed by atoms with van der Waals surface area (Å²) in [5.74, 6) is 0. The van der Waals surface area contributed by atoms with Gasteiger partial charge in [-0.05, 0) is 25.8 Å². The van der Waals surface area contributed by atoms with E-state index in [2.05, 4.69) is 4.90 Å². The molecule has 1 saturated heterocycles. The van der Waals surface area contributed by atoms with Crippen molar-refractivity contribution in [2.75, 3.05) is 39.3 Å². The number of hydrogen-bond donors (Lipinski definition) is 1. The number of aliphatic hydroxyl groups is 1. The Balaban J connectivity index is 2.12. The Bertz CT molecular complexity index is 228. The zero-order valence-corrected chi connectivity index (χ0v) is 10.9. The van der Waals surface area contributed by atoms with Crippen LogP contribution in [-0.4, -0.2) is 66.5 Å². The molecule has 1 fully saturated rings. The van der Waals surface area contributed by atoms with Gasteiger partial charge in [-0.2, -0.15) is 13.2 Å². The van der Waals surface area contributed by atoms with Crippen molar-refractivity contribution >= 4 is 0 Å². The summed E-state index contributed by atoms with van der Waals surface area (Å²) in [6.07, 6.45) is -1.88. The Labute approximate surface area is 107 Å². The third-order valence-electron chi connectivity index (χ3n) is 3.35. The third-order valence-corrected chi connectivity index (χ3v) is 3.35. The van der Waals surface area contributed by atoms with Gasteiger partial charge < -0.3 is 10.0 Å². The van der Waals surface area contributed by atoms with Crippen LogP contribution in [0.1, 0.15) is 26.2 Å². The summed E-state index contributed by atoms with van der Waals surface area (Å²) < 4.78 is 36.6. The van der Waals surface area contributed by atoms with Gasteiger partial charge in [0.1, 0.15) is 0 Å². The molecule has 1 atom stereocenters. The lowest BCUT2D eigenvalue weighted by molar-refractivity contribution is -0.149. The minimum atomic E-state index is -4.09. The van der Waals surface area contributed by atoms with E-state index in [1.165, 1.54) is 4.90 Å². The van der Waals surface area contributed by atoms with Crippen LogP contribution in [0.3, 0.4) is 0 Å². The maximum Gasteiger partial charge on any atom is 0.401 e. The number of aliphatic hydroxyl groups excluding tert-OH is 1. The molecule has 0 amide bonds. The molecule has 0 aromatic rings. The summed E-state index contributed by atoms with van der Waals surface area (Å²) in [6, 6.07) is 0. The predicted molar refractivity (Wildman–Crippen MR) is 64.5 cm³/mol. The van der Waals surface area contributed by atoms with Crippen molar-refractivity contribution in [2.45, 2.75) is 38.5 Å². The standard InChI is InChI=1S/C12H23F3N2O/c1-2-11(18)4-3-5-16-6-8-17(9-7-16)10-12(13,14)15/h11,18H,2-10H2,1H3. The van der Waals surface area contributed by atoms with Crippen LogP contribution in [0.4, 0.5) is 13.2 Å². The second-order valence-electron chi connectivity index (χ2n) is 4.94. The van der Waals surface area contributed by atoms with Gasteiger partial charge in [0.25, 0.3) is 0 Å². The summed E-state index contributed by atoms with van der Waals surface area (Å²) >= 11 is 0. The zero-order valence-electron chi connectivity index (χ0n) is 10.9. The van der Waals surface area contributed by atoms with Gasteiger partial charge in [0, 0.05) is 26.2 Å². The average molecular weight is 268 g/mol. The monoisotopic (exact) mass is 268 g/mol. The molecule has 0 aromatic heterocycles. The molecule has 1 N–H and O–H groups in total. The van der Waals surface area contributed by atoms with E-state index < -0.39 is 12.7 Å². The van der Waals surface area contributed by atoms with E-state index in [1.807, 2.05) is 6.92 Å². The van der Waals surface area contributed by atoms with E-state index in [0.717, 1.165) is 25.8 Å².